The number of hydrogen-bond donors (Lipinski definition) is 5. The average molecular weight is 469 g/mol. The van der Waals surface area contributed by atoms with E-state index in [9.17, 15) is 20.3 Å². The first-order valence-electron chi connectivity index (χ1n) is 11.0. The molecular formula is C24H32N6O4. The number of nitrogens with one attached hydrogen (secondary N) is 2. The summed E-state index contributed by atoms with van der Waals surface area (Å²) < 4.78 is 0. The van der Waals surface area contributed by atoms with Crippen LogP contribution in [0.3, 0.4) is 0 Å². The molecule has 2 aliphatic rings. The van der Waals surface area contributed by atoms with E-state index in [1.54, 1.807) is 40.0 Å². The summed E-state index contributed by atoms with van der Waals surface area (Å²) in [5.41, 5.74) is 10.2. The molecular weight excluding hydrogens is 436 g/mol. The van der Waals surface area contributed by atoms with Crippen molar-refractivity contribution in [2.45, 2.75) is 52.0 Å². The third-order valence-corrected chi connectivity index (χ3v) is 5.17. The molecule has 0 bridgehead atoms. The summed E-state index contributed by atoms with van der Waals surface area (Å²) in [4.78, 5) is 18.8. The van der Waals surface area contributed by atoms with Crippen molar-refractivity contribution in [1.82, 2.24) is 0 Å². The predicted molar refractivity (Wildman–Crippen MR) is 136 cm³/mol. The number of anilines is 3. The van der Waals surface area contributed by atoms with Crippen LogP contribution in [0, 0.1) is 10.1 Å². The van der Waals surface area contributed by atoms with E-state index in [2.05, 4.69) is 20.6 Å². The predicted octanol–water partition coefficient (Wildman–Crippen LogP) is 3.09. The fourth-order valence-electron chi connectivity index (χ4n) is 3.40. The highest BCUT2D eigenvalue weighted by atomic mass is 16.6. The number of fused-ring (bicyclic) bond motifs is 2. The zero-order valence-corrected chi connectivity index (χ0v) is 19.9. The number of nitro groups is 1. The van der Waals surface area contributed by atoms with Crippen molar-refractivity contribution in [3.8, 4) is 0 Å². The maximum absolute atomic E-state index is 11.0. The molecule has 2 aliphatic heterocycles. The molecule has 0 radical (unpaired) electrons. The number of aliphatic hydroxyl groups is 2. The van der Waals surface area contributed by atoms with Crippen molar-refractivity contribution < 1.29 is 15.1 Å². The standard InChI is InChI=1S/C12H15N3O3.C12H17N3O/c1-12(2,16)7-14-10-3-8-5-13-6-9(8)4-11(10)15(17)18;1-12(2,16)7-15-11-4-9-6-14-5-8(9)3-10(11)13/h3-4,6,14,16H,5,7H2,1-2H3;3-5,15-16H,6-7,13H2,1-2H3. The summed E-state index contributed by atoms with van der Waals surface area (Å²) in [6.07, 6.45) is 3.48. The van der Waals surface area contributed by atoms with E-state index in [4.69, 9.17) is 5.73 Å². The molecule has 0 aromatic heterocycles. The minimum Gasteiger partial charge on any atom is -0.397 e. The monoisotopic (exact) mass is 468 g/mol. The number of rotatable bonds is 7. The third-order valence-electron chi connectivity index (χ3n) is 5.17. The number of nitrogens with zero attached hydrogens (tertiary/aromatic N) is 3. The second kappa shape index (κ2) is 9.78. The smallest absolute Gasteiger partial charge is 0.292 e. The molecule has 0 fully saturated rings. The van der Waals surface area contributed by atoms with Gasteiger partial charge in [0.15, 0.2) is 0 Å². The Morgan fingerprint density at radius 3 is 1.88 bits per heavy atom. The van der Waals surface area contributed by atoms with E-state index in [0.717, 1.165) is 22.4 Å². The molecule has 10 nitrogen and oxygen atoms in total. The highest BCUT2D eigenvalue weighted by molar-refractivity contribution is 5.89. The van der Waals surface area contributed by atoms with Gasteiger partial charge in [0, 0.05) is 37.1 Å². The molecule has 0 unspecified atom stereocenters. The van der Waals surface area contributed by atoms with Crippen LogP contribution in [0.2, 0.25) is 0 Å². The highest BCUT2D eigenvalue weighted by Gasteiger charge is 2.21. The van der Waals surface area contributed by atoms with Gasteiger partial charge in [-0.3, -0.25) is 20.1 Å². The molecule has 6 N–H and O–H groups in total. The largest absolute Gasteiger partial charge is 0.397 e. The Hall–Kier alpha value is -3.50. The Morgan fingerprint density at radius 1 is 0.912 bits per heavy atom. The van der Waals surface area contributed by atoms with E-state index >= 15 is 0 Å². The molecule has 2 aromatic rings. The first kappa shape index (κ1) is 25.1. The molecule has 182 valence electrons. The Balaban J connectivity index is 0.000000192. The summed E-state index contributed by atoms with van der Waals surface area (Å²) in [5, 5.41) is 36.4. The molecule has 2 aromatic carbocycles. The molecule has 4 rings (SSSR count). The maximum atomic E-state index is 11.0. The van der Waals surface area contributed by atoms with Gasteiger partial charge in [-0.1, -0.05) is 0 Å². The normalized spacial score (nSPS) is 13.7. The number of hydrogen-bond acceptors (Lipinski definition) is 9. The quantitative estimate of drug-likeness (QED) is 0.237. The van der Waals surface area contributed by atoms with E-state index in [1.165, 1.54) is 11.6 Å². The van der Waals surface area contributed by atoms with Crippen LogP contribution >= 0.6 is 0 Å². The molecule has 2 heterocycles. The van der Waals surface area contributed by atoms with Crippen molar-refractivity contribution in [2.24, 2.45) is 9.98 Å². The van der Waals surface area contributed by atoms with Crippen LogP contribution in [0.1, 0.15) is 49.9 Å². The van der Waals surface area contributed by atoms with Gasteiger partial charge in [0.05, 0.1) is 40.6 Å². The van der Waals surface area contributed by atoms with Gasteiger partial charge in [0.2, 0.25) is 0 Å². The minimum atomic E-state index is -0.927. The molecule has 0 saturated carbocycles. The van der Waals surface area contributed by atoms with E-state index in [0.29, 0.717) is 31.0 Å². The first-order chi connectivity index (χ1) is 15.8. The zero-order chi connectivity index (χ0) is 25.1. The van der Waals surface area contributed by atoms with Crippen LogP contribution in [-0.2, 0) is 13.1 Å². The Bertz CT molecular complexity index is 1130. The van der Waals surface area contributed by atoms with Gasteiger partial charge < -0.3 is 26.6 Å². The van der Waals surface area contributed by atoms with Gasteiger partial charge in [0.25, 0.3) is 5.69 Å². The van der Waals surface area contributed by atoms with Crippen LogP contribution in [0.4, 0.5) is 22.7 Å². The summed E-state index contributed by atoms with van der Waals surface area (Å²) in [6.45, 7) is 8.77. The molecule has 0 spiro atoms. The van der Waals surface area contributed by atoms with Crippen molar-refractivity contribution in [3.63, 3.8) is 0 Å². The van der Waals surface area contributed by atoms with Gasteiger partial charge in [-0.15, -0.1) is 0 Å². The van der Waals surface area contributed by atoms with E-state index in [-0.39, 0.29) is 12.2 Å². The van der Waals surface area contributed by atoms with Gasteiger partial charge >= 0.3 is 0 Å². The molecule has 0 saturated heterocycles. The fourth-order valence-corrected chi connectivity index (χ4v) is 3.40. The topological polar surface area (TPSA) is 158 Å². The lowest BCUT2D eigenvalue weighted by atomic mass is 10.1. The van der Waals surface area contributed by atoms with Crippen LogP contribution < -0.4 is 16.4 Å². The van der Waals surface area contributed by atoms with Gasteiger partial charge in [0.1, 0.15) is 5.69 Å². The maximum Gasteiger partial charge on any atom is 0.292 e. The van der Waals surface area contributed by atoms with Crippen molar-refractivity contribution in [2.75, 3.05) is 29.5 Å². The zero-order valence-electron chi connectivity index (χ0n) is 19.9. The SMILES string of the molecule is CC(C)(O)CNc1cc2c(cc1N)C=NC2.CC(C)(O)CNc1cc2c(cc1[N+](=O)[O-])C=NC2. The Labute approximate surface area is 198 Å². The van der Waals surface area contributed by atoms with Crippen molar-refractivity contribution in [1.29, 1.82) is 0 Å². The van der Waals surface area contributed by atoms with Gasteiger partial charge in [-0.05, 0) is 62.6 Å². The lowest BCUT2D eigenvalue weighted by molar-refractivity contribution is -0.384. The lowest BCUT2D eigenvalue weighted by Gasteiger charge is -2.20. The first-order valence-corrected chi connectivity index (χ1v) is 11.0. The number of aliphatic imine (C=N–C) groups is 2. The van der Waals surface area contributed by atoms with Crippen molar-refractivity contribution >= 4 is 35.2 Å². The fraction of sp³-hybridized carbons (Fsp3) is 0.417. The summed E-state index contributed by atoms with van der Waals surface area (Å²) in [7, 11) is 0. The Morgan fingerprint density at radius 2 is 1.38 bits per heavy atom. The van der Waals surface area contributed by atoms with Crippen LogP contribution in [-0.4, -0.2) is 51.9 Å². The second-order valence-corrected chi connectivity index (χ2v) is 9.74. The summed E-state index contributed by atoms with van der Waals surface area (Å²) in [5.74, 6) is 0. The lowest BCUT2D eigenvalue weighted by Crippen LogP contribution is -2.29. The number of nitrogens with two attached hydrogens (primary N) is 1. The second-order valence-electron chi connectivity index (χ2n) is 9.74. The van der Waals surface area contributed by atoms with E-state index in [1.807, 2.05) is 18.3 Å². The Kier molecular flexibility index (Phi) is 7.23. The molecule has 10 heteroatoms. The molecule has 0 aliphatic carbocycles. The van der Waals surface area contributed by atoms with Gasteiger partial charge in [-0.2, -0.15) is 0 Å². The van der Waals surface area contributed by atoms with Crippen LogP contribution in [0.15, 0.2) is 34.3 Å². The average Bonchev–Trinajstić information content (AvgIpc) is 3.37. The van der Waals surface area contributed by atoms with Crippen LogP contribution in [0.5, 0.6) is 0 Å². The number of nitrogen functional groups attached to an aromatic ring is 1. The van der Waals surface area contributed by atoms with Gasteiger partial charge in [-0.25, -0.2) is 0 Å². The molecule has 0 amide bonds. The third kappa shape index (κ3) is 6.75. The minimum absolute atomic E-state index is 0.00588. The summed E-state index contributed by atoms with van der Waals surface area (Å²) >= 11 is 0. The highest BCUT2D eigenvalue weighted by Crippen LogP contribution is 2.30. The van der Waals surface area contributed by atoms with Crippen LogP contribution in [0.25, 0.3) is 0 Å². The number of nitro benzene ring substituents is 1. The number of benzene rings is 2. The summed E-state index contributed by atoms with van der Waals surface area (Å²) in [6, 6.07) is 7.16. The molecule has 34 heavy (non-hydrogen) atoms. The molecule has 0 atom stereocenters. The van der Waals surface area contributed by atoms with E-state index < -0.39 is 16.1 Å². The van der Waals surface area contributed by atoms with Crippen molar-refractivity contribution in [3.05, 3.63) is 56.6 Å².